The van der Waals surface area contributed by atoms with Gasteiger partial charge in [-0.15, -0.1) is 0 Å². The molecule has 2 nitrogen and oxygen atoms in total. The summed E-state index contributed by atoms with van der Waals surface area (Å²) in [6, 6.07) is 7.77. The normalized spacial score (nSPS) is 8.62. The van der Waals surface area contributed by atoms with Crippen molar-refractivity contribution in [1.82, 2.24) is 0 Å². The number of anilines is 1. The lowest BCUT2D eigenvalue weighted by atomic mass is 10.2. The lowest BCUT2D eigenvalue weighted by Crippen LogP contribution is -1.96. The Morgan fingerprint density at radius 3 is 2.54 bits per heavy atom. The molecule has 0 aromatic heterocycles. The molecule has 0 unspecified atom stereocenters. The summed E-state index contributed by atoms with van der Waals surface area (Å²) in [6.07, 6.45) is 0. The molecular formula is C11H19NO. The maximum Gasteiger partial charge on any atom is 0.0682 e. The standard InChI is InChI=1S/C9H13NO.C2H6/c1-2-10-9-5-3-4-8(6-9)7-11;1-2/h3-6,10-11H,2,7H2,1H3;1-2H3. The fourth-order valence-corrected chi connectivity index (χ4v) is 0.984. The van der Waals surface area contributed by atoms with E-state index < -0.39 is 0 Å². The van der Waals surface area contributed by atoms with E-state index in [4.69, 9.17) is 5.11 Å². The van der Waals surface area contributed by atoms with Crippen molar-refractivity contribution in [2.24, 2.45) is 0 Å². The Balaban J connectivity index is 0.000000671. The Morgan fingerprint density at radius 1 is 1.31 bits per heavy atom. The van der Waals surface area contributed by atoms with Gasteiger partial charge in [-0.2, -0.15) is 0 Å². The van der Waals surface area contributed by atoms with Crippen LogP contribution in [0.4, 0.5) is 5.69 Å². The first kappa shape index (κ1) is 12.0. The van der Waals surface area contributed by atoms with Crippen molar-refractivity contribution in [3.05, 3.63) is 29.8 Å². The molecule has 74 valence electrons. The molecule has 0 amide bonds. The molecule has 0 aliphatic carbocycles. The Labute approximate surface area is 80.6 Å². The number of aliphatic hydroxyl groups is 1. The molecule has 0 aliphatic rings. The second kappa shape index (κ2) is 7.62. The molecule has 1 rings (SSSR count). The zero-order valence-corrected chi connectivity index (χ0v) is 8.67. The third-order valence-electron chi connectivity index (χ3n) is 1.49. The summed E-state index contributed by atoms with van der Waals surface area (Å²) in [4.78, 5) is 0. The predicted octanol–water partition coefficient (Wildman–Crippen LogP) is 2.64. The molecule has 0 atom stereocenters. The maximum absolute atomic E-state index is 8.80. The van der Waals surface area contributed by atoms with Crippen LogP contribution in [-0.4, -0.2) is 11.7 Å². The van der Waals surface area contributed by atoms with E-state index in [1.807, 2.05) is 45.0 Å². The van der Waals surface area contributed by atoms with Crippen molar-refractivity contribution < 1.29 is 5.11 Å². The fourth-order valence-electron chi connectivity index (χ4n) is 0.984. The highest BCUT2D eigenvalue weighted by molar-refractivity contribution is 5.45. The first-order chi connectivity index (χ1) is 6.36. The van der Waals surface area contributed by atoms with Crippen LogP contribution in [0.1, 0.15) is 26.3 Å². The van der Waals surface area contributed by atoms with Gasteiger partial charge in [-0.25, -0.2) is 0 Å². The molecule has 0 radical (unpaired) electrons. The quantitative estimate of drug-likeness (QED) is 0.751. The van der Waals surface area contributed by atoms with Crippen molar-refractivity contribution in [1.29, 1.82) is 0 Å². The van der Waals surface area contributed by atoms with Gasteiger partial charge < -0.3 is 10.4 Å². The van der Waals surface area contributed by atoms with Gasteiger partial charge in [-0.1, -0.05) is 26.0 Å². The molecule has 0 aliphatic heterocycles. The lowest BCUT2D eigenvalue weighted by Gasteiger charge is -2.03. The van der Waals surface area contributed by atoms with Crippen LogP contribution in [0.25, 0.3) is 0 Å². The molecule has 0 fully saturated rings. The second-order valence-electron chi connectivity index (χ2n) is 2.39. The maximum atomic E-state index is 8.80. The summed E-state index contributed by atoms with van der Waals surface area (Å²) < 4.78 is 0. The number of hydrogen-bond donors (Lipinski definition) is 2. The molecular weight excluding hydrogens is 162 g/mol. The van der Waals surface area contributed by atoms with Crippen LogP contribution in [0.3, 0.4) is 0 Å². The van der Waals surface area contributed by atoms with Gasteiger partial charge in [-0.05, 0) is 24.6 Å². The number of rotatable bonds is 3. The smallest absolute Gasteiger partial charge is 0.0682 e. The average molecular weight is 181 g/mol. The zero-order chi connectivity index (χ0) is 10.1. The average Bonchev–Trinajstić information content (AvgIpc) is 2.22. The lowest BCUT2D eigenvalue weighted by molar-refractivity contribution is 0.282. The van der Waals surface area contributed by atoms with Gasteiger partial charge in [0.1, 0.15) is 0 Å². The van der Waals surface area contributed by atoms with Gasteiger partial charge in [0.2, 0.25) is 0 Å². The first-order valence-corrected chi connectivity index (χ1v) is 4.80. The van der Waals surface area contributed by atoms with Crippen LogP contribution >= 0.6 is 0 Å². The van der Waals surface area contributed by atoms with Gasteiger partial charge >= 0.3 is 0 Å². The van der Waals surface area contributed by atoms with Crippen LogP contribution < -0.4 is 5.32 Å². The summed E-state index contributed by atoms with van der Waals surface area (Å²) in [6.45, 7) is 7.07. The monoisotopic (exact) mass is 181 g/mol. The van der Waals surface area contributed by atoms with Crippen LogP contribution in [0.5, 0.6) is 0 Å². The molecule has 0 bridgehead atoms. The van der Waals surface area contributed by atoms with E-state index in [0.717, 1.165) is 17.8 Å². The summed E-state index contributed by atoms with van der Waals surface area (Å²) in [7, 11) is 0. The topological polar surface area (TPSA) is 32.3 Å². The van der Waals surface area contributed by atoms with Crippen LogP contribution in [-0.2, 0) is 6.61 Å². The summed E-state index contributed by atoms with van der Waals surface area (Å²) in [5.74, 6) is 0. The predicted molar refractivity (Wildman–Crippen MR) is 57.9 cm³/mol. The molecule has 0 saturated carbocycles. The Kier molecular flexibility index (Phi) is 7.02. The third-order valence-corrected chi connectivity index (χ3v) is 1.49. The van der Waals surface area contributed by atoms with Crippen molar-refractivity contribution >= 4 is 5.69 Å². The fraction of sp³-hybridized carbons (Fsp3) is 0.455. The number of aliphatic hydroxyl groups excluding tert-OH is 1. The summed E-state index contributed by atoms with van der Waals surface area (Å²) in [5, 5.41) is 12.0. The molecule has 0 saturated heterocycles. The molecule has 2 heteroatoms. The van der Waals surface area contributed by atoms with Crippen LogP contribution in [0, 0.1) is 0 Å². The van der Waals surface area contributed by atoms with Gasteiger partial charge in [-0.3, -0.25) is 0 Å². The number of hydrogen-bond acceptors (Lipinski definition) is 2. The summed E-state index contributed by atoms with van der Waals surface area (Å²) in [5.41, 5.74) is 2.02. The Bertz CT molecular complexity index is 223. The number of nitrogens with one attached hydrogen (secondary N) is 1. The van der Waals surface area contributed by atoms with E-state index in [1.54, 1.807) is 0 Å². The Morgan fingerprint density at radius 2 is 2.00 bits per heavy atom. The number of benzene rings is 1. The van der Waals surface area contributed by atoms with E-state index in [1.165, 1.54) is 0 Å². The van der Waals surface area contributed by atoms with Gasteiger partial charge in [0, 0.05) is 12.2 Å². The van der Waals surface area contributed by atoms with E-state index in [-0.39, 0.29) is 6.61 Å². The minimum Gasteiger partial charge on any atom is -0.392 e. The largest absolute Gasteiger partial charge is 0.392 e. The second-order valence-corrected chi connectivity index (χ2v) is 2.39. The minimum absolute atomic E-state index is 0.110. The molecule has 13 heavy (non-hydrogen) atoms. The SMILES string of the molecule is CC.CCNc1cccc(CO)c1. The highest BCUT2D eigenvalue weighted by atomic mass is 16.3. The van der Waals surface area contributed by atoms with E-state index in [2.05, 4.69) is 5.32 Å². The molecule has 0 spiro atoms. The van der Waals surface area contributed by atoms with Crippen molar-refractivity contribution in [3.8, 4) is 0 Å². The highest BCUT2D eigenvalue weighted by Crippen LogP contribution is 2.09. The van der Waals surface area contributed by atoms with Crippen LogP contribution in [0.15, 0.2) is 24.3 Å². The van der Waals surface area contributed by atoms with Crippen molar-refractivity contribution in [2.75, 3.05) is 11.9 Å². The molecule has 1 aromatic carbocycles. The third kappa shape index (κ3) is 4.53. The summed E-state index contributed by atoms with van der Waals surface area (Å²) >= 11 is 0. The molecule has 2 N–H and O–H groups in total. The van der Waals surface area contributed by atoms with Gasteiger partial charge in [0.25, 0.3) is 0 Å². The van der Waals surface area contributed by atoms with Crippen molar-refractivity contribution in [2.45, 2.75) is 27.4 Å². The molecule has 0 heterocycles. The van der Waals surface area contributed by atoms with Gasteiger partial charge in [0.05, 0.1) is 6.61 Å². The molecule has 1 aromatic rings. The first-order valence-electron chi connectivity index (χ1n) is 4.80. The zero-order valence-electron chi connectivity index (χ0n) is 8.67. The van der Waals surface area contributed by atoms with Gasteiger partial charge in [0.15, 0.2) is 0 Å². The highest BCUT2D eigenvalue weighted by Gasteiger charge is 1.91. The van der Waals surface area contributed by atoms with Crippen molar-refractivity contribution in [3.63, 3.8) is 0 Å². The van der Waals surface area contributed by atoms with E-state index in [9.17, 15) is 0 Å². The van der Waals surface area contributed by atoms with E-state index >= 15 is 0 Å². The Hall–Kier alpha value is -1.02. The van der Waals surface area contributed by atoms with E-state index in [0.29, 0.717) is 0 Å². The van der Waals surface area contributed by atoms with Crippen LogP contribution in [0.2, 0.25) is 0 Å². The minimum atomic E-state index is 0.110.